The summed E-state index contributed by atoms with van der Waals surface area (Å²) in [6.45, 7) is 0.692. The van der Waals surface area contributed by atoms with Gasteiger partial charge in [0.15, 0.2) is 0 Å². The number of furan rings is 1. The monoisotopic (exact) mass is 362 g/mol. The van der Waals surface area contributed by atoms with E-state index >= 15 is 0 Å². The molecule has 0 saturated carbocycles. The average molecular weight is 362 g/mol. The number of thiophene rings is 1. The second-order valence-corrected chi connectivity index (χ2v) is 6.44. The molecule has 25 heavy (non-hydrogen) atoms. The lowest BCUT2D eigenvalue weighted by Crippen LogP contribution is -2.36. The van der Waals surface area contributed by atoms with Crippen LogP contribution >= 0.6 is 11.3 Å². The van der Waals surface area contributed by atoms with Crippen molar-refractivity contribution in [2.75, 3.05) is 11.9 Å². The zero-order valence-electron chi connectivity index (χ0n) is 13.2. The second-order valence-electron chi connectivity index (χ2n) is 5.41. The number of hydrogen-bond donors (Lipinski definition) is 1. The molecule has 0 saturated heterocycles. The third-order valence-electron chi connectivity index (χ3n) is 3.64. The summed E-state index contributed by atoms with van der Waals surface area (Å²) >= 11 is 1.60. The van der Waals surface area contributed by atoms with Crippen molar-refractivity contribution < 1.29 is 18.0 Å². The summed E-state index contributed by atoms with van der Waals surface area (Å²) in [7, 11) is 0. The van der Waals surface area contributed by atoms with Gasteiger partial charge in [0.1, 0.15) is 17.3 Å². The number of para-hydroxylation sites is 1. The third-order valence-corrected chi connectivity index (χ3v) is 4.58. The molecule has 0 aliphatic carbocycles. The van der Waals surface area contributed by atoms with E-state index in [2.05, 4.69) is 5.32 Å². The highest BCUT2D eigenvalue weighted by Gasteiger charge is 2.18. The van der Waals surface area contributed by atoms with Gasteiger partial charge in [-0.25, -0.2) is 13.6 Å². The highest BCUT2D eigenvalue weighted by atomic mass is 32.1. The van der Waals surface area contributed by atoms with Gasteiger partial charge in [-0.05, 0) is 36.1 Å². The Labute approximate surface area is 147 Å². The first-order valence-corrected chi connectivity index (χ1v) is 8.55. The first-order chi connectivity index (χ1) is 12.1. The van der Waals surface area contributed by atoms with Crippen LogP contribution in [0.15, 0.2) is 58.7 Å². The van der Waals surface area contributed by atoms with Crippen molar-refractivity contribution >= 4 is 23.1 Å². The zero-order chi connectivity index (χ0) is 17.6. The maximum Gasteiger partial charge on any atom is 0.322 e. The number of halogens is 2. The van der Waals surface area contributed by atoms with Gasteiger partial charge in [0.2, 0.25) is 0 Å². The van der Waals surface area contributed by atoms with Crippen molar-refractivity contribution in [3.05, 3.63) is 76.4 Å². The number of nitrogens with one attached hydrogen (secondary N) is 1. The number of rotatable bonds is 6. The summed E-state index contributed by atoms with van der Waals surface area (Å²) < 4.78 is 32.6. The predicted molar refractivity (Wildman–Crippen MR) is 92.5 cm³/mol. The minimum Gasteiger partial charge on any atom is -0.472 e. The molecule has 3 rings (SSSR count). The van der Waals surface area contributed by atoms with Crippen LogP contribution in [0.25, 0.3) is 0 Å². The van der Waals surface area contributed by atoms with Crippen LogP contribution in [0.1, 0.15) is 10.4 Å². The van der Waals surface area contributed by atoms with Crippen LogP contribution in [0.5, 0.6) is 0 Å². The largest absolute Gasteiger partial charge is 0.472 e. The molecule has 7 heteroatoms. The first kappa shape index (κ1) is 17.2. The predicted octanol–water partition coefficient (Wildman–Crippen LogP) is 4.90. The van der Waals surface area contributed by atoms with E-state index in [1.54, 1.807) is 17.4 Å². The third kappa shape index (κ3) is 4.45. The van der Waals surface area contributed by atoms with Gasteiger partial charge in [0.05, 0.1) is 19.1 Å². The van der Waals surface area contributed by atoms with Crippen molar-refractivity contribution in [2.45, 2.75) is 13.0 Å². The number of anilines is 1. The molecule has 2 aromatic heterocycles. The fourth-order valence-corrected chi connectivity index (χ4v) is 3.06. The van der Waals surface area contributed by atoms with Crippen LogP contribution in [0.3, 0.4) is 0 Å². The lowest BCUT2D eigenvalue weighted by Gasteiger charge is -2.22. The standard InChI is InChI=1S/C18H16F2N2O2S/c19-15-4-1-5-16(20)17(15)21-18(23)22(11-13-7-9-24-12-13)8-6-14-3-2-10-25-14/h1-5,7,9-10,12H,6,8,11H2,(H,21,23). The SMILES string of the molecule is O=C(Nc1c(F)cccc1F)N(CCc1cccs1)Cc1ccoc1. The molecule has 0 aliphatic rings. The molecule has 1 N–H and O–H groups in total. The van der Waals surface area contributed by atoms with Gasteiger partial charge in [-0.2, -0.15) is 0 Å². The number of hydrogen-bond acceptors (Lipinski definition) is 3. The maximum atomic E-state index is 13.8. The quantitative estimate of drug-likeness (QED) is 0.678. The molecular weight excluding hydrogens is 346 g/mol. The topological polar surface area (TPSA) is 45.5 Å². The van der Waals surface area contributed by atoms with Crippen LogP contribution in [0.4, 0.5) is 19.3 Å². The maximum absolute atomic E-state index is 13.8. The number of urea groups is 1. The molecule has 4 nitrogen and oxygen atoms in total. The lowest BCUT2D eigenvalue weighted by molar-refractivity contribution is 0.209. The minimum absolute atomic E-state index is 0.282. The molecule has 0 radical (unpaired) electrons. The van der Waals surface area contributed by atoms with Crippen LogP contribution in [-0.4, -0.2) is 17.5 Å². The van der Waals surface area contributed by atoms with E-state index in [0.29, 0.717) is 13.0 Å². The molecule has 0 aliphatic heterocycles. The van der Waals surface area contributed by atoms with Crippen molar-refractivity contribution in [2.24, 2.45) is 0 Å². The number of carbonyl (C=O) groups is 1. The van der Waals surface area contributed by atoms with Crippen molar-refractivity contribution in [3.63, 3.8) is 0 Å². The Morgan fingerprint density at radius 2 is 1.96 bits per heavy atom. The molecule has 0 bridgehead atoms. The van der Waals surface area contributed by atoms with Crippen molar-refractivity contribution in [3.8, 4) is 0 Å². The molecule has 0 spiro atoms. The Morgan fingerprint density at radius 1 is 1.16 bits per heavy atom. The average Bonchev–Trinajstić information content (AvgIpc) is 3.28. The normalized spacial score (nSPS) is 10.6. The van der Waals surface area contributed by atoms with E-state index < -0.39 is 23.4 Å². The van der Waals surface area contributed by atoms with E-state index in [1.165, 1.54) is 23.5 Å². The summed E-state index contributed by atoms with van der Waals surface area (Å²) in [6.07, 6.45) is 3.71. The molecule has 0 fully saturated rings. The zero-order valence-corrected chi connectivity index (χ0v) is 14.1. The Morgan fingerprint density at radius 3 is 2.60 bits per heavy atom. The summed E-state index contributed by atoms with van der Waals surface area (Å²) in [6, 6.07) is 8.55. The van der Waals surface area contributed by atoms with Crippen molar-refractivity contribution in [1.82, 2.24) is 4.90 Å². The van der Waals surface area contributed by atoms with Crippen LogP contribution < -0.4 is 5.32 Å². The molecule has 3 aromatic rings. The number of benzene rings is 1. The molecule has 130 valence electrons. The lowest BCUT2D eigenvalue weighted by atomic mass is 10.2. The van der Waals surface area contributed by atoms with Gasteiger partial charge in [-0.3, -0.25) is 0 Å². The summed E-state index contributed by atoms with van der Waals surface area (Å²) in [5.41, 5.74) is 0.358. The fourth-order valence-electron chi connectivity index (χ4n) is 2.36. The van der Waals surface area contributed by atoms with E-state index in [4.69, 9.17) is 4.42 Å². The summed E-state index contributed by atoms with van der Waals surface area (Å²) in [4.78, 5) is 15.2. The fraction of sp³-hybridized carbons (Fsp3) is 0.167. The Kier molecular flexibility index (Phi) is 5.45. The minimum atomic E-state index is -0.810. The molecule has 0 unspecified atom stereocenters. The van der Waals surface area contributed by atoms with Gasteiger partial charge >= 0.3 is 6.03 Å². The Bertz CT molecular complexity index is 799. The van der Waals surface area contributed by atoms with E-state index in [1.807, 2.05) is 17.5 Å². The Hall–Kier alpha value is -2.67. The van der Waals surface area contributed by atoms with Crippen molar-refractivity contribution in [1.29, 1.82) is 0 Å². The van der Waals surface area contributed by atoms with Crippen LogP contribution in [0.2, 0.25) is 0 Å². The van der Waals surface area contributed by atoms with Gasteiger partial charge in [-0.1, -0.05) is 12.1 Å². The molecule has 2 amide bonds. The van der Waals surface area contributed by atoms with Crippen LogP contribution in [0, 0.1) is 11.6 Å². The highest BCUT2D eigenvalue weighted by Crippen LogP contribution is 2.19. The Balaban J connectivity index is 1.73. The summed E-state index contributed by atoms with van der Waals surface area (Å²) in [5.74, 6) is -1.62. The van der Waals surface area contributed by atoms with E-state index in [9.17, 15) is 13.6 Å². The molecular formula is C18H16F2N2O2S. The smallest absolute Gasteiger partial charge is 0.322 e. The second kappa shape index (κ2) is 7.94. The molecule has 0 atom stereocenters. The van der Waals surface area contributed by atoms with Gasteiger partial charge in [0.25, 0.3) is 0 Å². The van der Waals surface area contributed by atoms with Gasteiger partial charge in [0, 0.05) is 17.0 Å². The molecule has 1 aromatic carbocycles. The number of carbonyl (C=O) groups excluding carboxylic acids is 1. The highest BCUT2D eigenvalue weighted by molar-refractivity contribution is 7.09. The van der Waals surface area contributed by atoms with Gasteiger partial charge in [-0.15, -0.1) is 11.3 Å². The van der Waals surface area contributed by atoms with E-state index in [0.717, 1.165) is 22.6 Å². The molecule has 2 heterocycles. The first-order valence-electron chi connectivity index (χ1n) is 7.67. The van der Waals surface area contributed by atoms with Gasteiger partial charge < -0.3 is 14.6 Å². The summed E-state index contributed by atoms with van der Waals surface area (Å²) in [5, 5.41) is 4.29. The number of nitrogens with zero attached hydrogens (tertiary/aromatic N) is 1. The van der Waals surface area contributed by atoms with Crippen LogP contribution in [-0.2, 0) is 13.0 Å². The van der Waals surface area contributed by atoms with E-state index in [-0.39, 0.29) is 6.54 Å². The number of amides is 2.